The molecule has 2 heterocycles. The van der Waals surface area contributed by atoms with Gasteiger partial charge in [-0.05, 0) is 47.5 Å². The highest BCUT2D eigenvalue weighted by Crippen LogP contribution is 2.31. The molecule has 0 aliphatic carbocycles. The van der Waals surface area contributed by atoms with Gasteiger partial charge in [-0.2, -0.15) is 0 Å². The van der Waals surface area contributed by atoms with Gasteiger partial charge < -0.3 is 4.98 Å². The molecule has 1 aromatic carbocycles. The number of H-pyrrole nitrogens is 1. The number of nitrogens with one attached hydrogen (secondary N) is 1. The van der Waals surface area contributed by atoms with Gasteiger partial charge in [-0.1, -0.05) is 0 Å². The molecule has 0 unspecified atom stereocenters. The van der Waals surface area contributed by atoms with Crippen LogP contribution in [0.3, 0.4) is 0 Å². The molecule has 0 amide bonds. The molecule has 18 heavy (non-hydrogen) atoms. The molecule has 2 aromatic heterocycles. The van der Waals surface area contributed by atoms with Gasteiger partial charge in [-0.15, -0.1) is 11.3 Å². The molecule has 5 heteroatoms. The van der Waals surface area contributed by atoms with Crippen molar-refractivity contribution in [2.45, 2.75) is 13.8 Å². The van der Waals surface area contributed by atoms with Crippen LogP contribution in [-0.4, -0.2) is 9.97 Å². The molecule has 0 saturated heterocycles. The number of rotatable bonds is 1. The van der Waals surface area contributed by atoms with E-state index in [-0.39, 0.29) is 5.82 Å². The lowest BCUT2D eigenvalue weighted by molar-refractivity contribution is 0.623. The Morgan fingerprint density at radius 3 is 2.72 bits per heavy atom. The Hall–Kier alpha value is -1.20. The smallest absolute Gasteiger partial charge is 0.148 e. The molecular weight excluding hydrogens is 315 g/mol. The standard InChI is InChI=1S/C13H10BrFN2S/c1-6-3-12(18-7(6)2)13-16-10-4-8(14)9(15)5-11(10)17-13/h3-5H,1-2H3,(H,16,17). The van der Waals surface area contributed by atoms with Crippen LogP contribution in [0, 0.1) is 19.7 Å². The average Bonchev–Trinajstić information content (AvgIpc) is 2.84. The fraction of sp³-hybridized carbons (Fsp3) is 0.154. The topological polar surface area (TPSA) is 28.7 Å². The van der Waals surface area contributed by atoms with E-state index in [2.05, 4.69) is 45.8 Å². The van der Waals surface area contributed by atoms with Crippen LogP contribution in [0.5, 0.6) is 0 Å². The summed E-state index contributed by atoms with van der Waals surface area (Å²) in [4.78, 5) is 10.0. The zero-order valence-electron chi connectivity index (χ0n) is 9.84. The van der Waals surface area contributed by atoms with Gasteiger partial charge in [0.1, 0.15) is 11.6 Å². The SMILES string of the molecule is Cc1cc(-c2nc3cc(Br)c(F)cc3[nH]2)sc1C. The second-order valence-corrected chi connectivity index (χ2v) is 6.33. The van der Waals surface area contributed by atoms with Crippen molar-refractivity contribution in [1.82, 2.24) is 9.97 Å². The largest absolute Gasteiger partial charge is 0.337 e. The van der Waals surface area contributed by atoms with Gasteiger partial charge in [0.05, 0.1) is 20.4 Å². The van der Waals surface area contributed by atoms with Crippen LogP contribution >= 0.6 is 27.3 Å². The molecule has 1 N–H and O–H groups in total. The lowest BCUT2D eigenvalue weighted by atomic mass is 10.3. The first-order valence-corrected chi connectivity index (χ1v) is 7.07. The highest BCUT2D eigenvalue weighted by atomic mass is 79.9. The third kappa shape index (κ3) is 1.87. The Bertz CT molecular complexity index is 686. The van der Waals surface area contributed by atoms with E-state index in [0.717, 1.165) is 21.7 Å². The highest BCUT2D eigenvalue weighted by molar-refractivity contribution is 9.10. The monoisotopic (exact) mass is 324 g/mol. The maximum Gasteiger partial charge on any atom is 0.148 e. The molecule has 0 radical (unpaired) electrons. The van der Waals surface area contributed by atoms with Crippen LogP contribution < -0.4 is 0 Å². The maximum absolute atomic E-state index is 13.4. The Balaban J connectivity index is 2.19. The van der Waals surface area contributed by atoms with Crippen LogP contribution in [0.2, 0.25) is 0 Å². The van der Waals surface area contributed by atoms with Gasteiger partial charge in [-0.3, -0.25) is 0 Å². The van der Waals surface area contributed by atoms with Crippen molar-refractivity contribution in [2.24, 2.45) is 0 Å². The maximum atomic E-state index is 13.4. The third-order valence-electron chi connectivity index (χ3n) is 2.92. The number of nitrogens with zero attached hydrogens (tertiary/aromatic N) is 1. The van der Waals surface area contributed by atoms with E-state index in [4.69, 9.17) is 0 Å². The first-order chi connectivity index (χ1) is 8.54. The predicted octanol–water partition coefficient (Wildman–Crippen LogP) is 4.81. The molecule has 3 aromatic rings. The molecule has 2 nitrogen and oxygen atoms in total. The summed E-state index contributed by atoms with van der Waals surface area (Å²) >= 11 is 4.86. The third-order valence-corrected chi connectivity index (χ3v) is 4.69. The van der Waals surface area contributed by atoms with Crippen molar-refractivity contribution in [3.05, 3.63) is 38.9 Å². The van der Waals surface area contributed by atoms with E-state index in [1.807, 2.05) is 0 Å². The Morgan fingerprint density at radius 2 is 2.06 bits per heavy atom. The summed E-state index contributed by atoms with van der Waals surface area (Å²) in [6.45, 7) is 4.16. The quantitative estimate of drug-likeness (QED) is 0.683. The van der Waals surface area contributed by atoms with Crippen molar-refractivity contribution < 1.29 is 4.39 Å². The van der Waals surface area contributed by atoms with Gasteiger partial charge in [0.2, 0.25) is 0 Å². The number of aromatic amines is 1. The van der Waals surface area contributed by atoms with Crippen LogP contribution in [0.1, 0.15) is 10.4 Å². The fourth-order valence-electron chi connectivity index (χ4n) is 1.81. The predicted molar refractivity (Wildman–Crippen MR) is 76.5 cm³/mol. The highest BCUT2D eigenvalue weighted by Gasteiger charge is 2.11. The van der Waals surface area contributed by atoms with E-state index < -0.39 is 0 Å². The van der Waals surface area contributed by atoms with Gasteiger partial charge >= 0.3 is 0 Å². The Labute approximate surface area is 116 Å². The summed E-state index contributed by atoms with van der Waals surface area (Å²) in [6, 6.07) is 5.25. The number of thiophene rings is 1. The first-order valence-electron chi connectivity index (χ1n) is 5.47. The number of fused-ring (bicyclic) bond motifs is 1. The van der Waals surface area contributed by atoms with Gasteiger partial charge in [0, 0.05) is 10.9 Å². The number of imidazole rings is 1. The number of aryl methyl sites for hydroxylation is 2. The summed E-state index contributed by atoms with van der Waals surface area (Å²) in [6.07, 6.45) is 0. The summed E-state index contributed by atoms with van der Waals surface area (Å²) in [5, 5.41) is 0. The second kappa shape index (κ2) is 4.17. The lowest BCUT2D eigenvalue weighted by Gasteiger charge is -1.92. The van der Waals surface area contributed by atoms with E-state index >= 15 is 0 Å². The number of halogens is 2. The van der Waals surface area contributed by atoms with Gasteiger partial charge in [0.25, 0.3) is 0 Å². The zero-order chi connectivity index (χ0) is 12.9. The van der Waals surface area contributed by atoms with Crippen molar-refractivity contribution in [1.29, 1.82) is 0 Å². The van der Waals surface area contributed by atoms with E-state index in [1.165, 1.54) is 16.5 Å². The molecular formula is C13H10BrFN2S. The van der Waals surface area contributed by atoms with E-state index in [1.54, 1.807) is 17.4 Å². The molecule has 0 atom stereocenters. The average molecular weight is 325 g/mol. The van der Waals surface area contributed by atoms with Crippen molar-refractivity contribution >= 4 is 38.3 Å². The van der Waals surface area contributed by atoms with Gasteiger partial charge in [0.15, 0.2) is 0 Å². The molecule has 0 fully saturated rings. The minimum absolute atomic E-state index is 0.281. The summed E-state index contributed by atoms with van der Waals surface area (Å²) < 4.78 is 13.9. The summed E-state index contributed by atoms with van der Waals surface area (Å²) in [5.74, 6) is 0.514. The van der Waals surface area contributed by atoms with Crippen LogP contribution in [-0.2, 0) is 0 Å². The summed E-state index contributed by atoms with van der Waals surface area (Å²) in [5.41, 5.74) is 2.74. The second-order valence-electron chi connectivity index (χ2n) is 4.22. The molecule has 3 rings (SSSR count). The number of aromatic nitrogens is 2. The fourth-order valence-corrected chi connectivity index (χ4v) is 3.12. The molecule has 0 spiro atoms. The Morgan fingerprint density at radius 1 is 1.28 bits per heavy atom. The Kier molecular flexibility index (Phi) is 2.75. The summed E-state index contributed by atoms with van der Waals surface area (Å²) in [7, 11) is 0. The van der Waals surface area contributed by atoms with Crippen LogP contribution in [0.4, 0.5) is 4.39 Å². The molecule has 0 bridgehead atoms. The van der Waals surface area contributed by atoms with Crippen LogP contribution in [0.15, 0.2) is 22.7 Å². The minimum atomic E-state index is -0.281. The van der Waals surface area contributed by atoms with E-state index in [9.17, 15) is 4.39 Å². The number of hydrogen-bond donors (Lipinski definition) is 1. The number of benzene rings is 1. The number of hydrogen-bond acceptors (Lipinski definition) is 2. The molecule has 92 valence electrons. The van der Waals surface area contributed by atoms with Crippen molar-refractivity contribution in [2.75, 3.05) is 0 Å². The van der Waals surface area contributed by atoms with Gasteiger partial charge in [-0.25, -0.2) is 9.37 Å². The molecule has 0 saturated carbocycles. The van der Waals surface area contributed by atoms with Crippen molar-refractivity contribution in [3.8, 4) is 10.7 Å². The molecule has 0 aliphatic rings. The molecule has 0 aliphatic heterocycles. The normalized spacial score (nSPS) is 11.3. The first kappa shape index (κ1) is 11.9. The zero-order valence-corrected chi connectivity index (χ0v) is 12.2. The van der Waals surface area contributed by atoms with Crippen LogP contribution in [0.25, 0.3) is 21.7 Å². The minimum Gasteiger partial charge on any atom is -0.337 e. The van der Waals surface area contributed by atoms with Crippen molar-refractivity contribution in [3.63, 3.8) is 0 Å². The lowest BCUT2D eigenvalue weighted by Crippen LogP contribution is -1.77. The van der Waals surface area contributed by atoms with E-state index in [0.29, 0.717) is 4.47 Å².